The maximum atomic E-state index is 11.8. The topological polar surface area (TPSA) is 130 Å². The number of sulfonamides is 2. The Bertz CT molecular complexity index is 627. The number of nitrogens with one attached hydrogen (secondary N) is 3. The zero-order chi connectivity index (χ0) is 15.2. The minimum absolute atomic E-state index is 0.0485. The maximum Gasteiger partial charge on any atom is 0.243 e. The molecule has 114 valence electrons. The zero-order valence-corrected chi connectivity index (χ0v) is 12.8. The van der Waals surface area contributed by atoms with Gasteiger partial charge < -0.3 is 5.32 Å². The Morgan fingerprint density at radius 2 is 1.60 bits per heavy atom. The highest BCUT2D eigenvalue weighted by Crippen LogP contribution is 2.06. The fraction of sp³-hybridized carbons (Fsp3) is 0.556. The summed E-state index contributed by atoms with van der Waals surface area (Å²) in [6.07, 6.45) is 3.76. The number of rotatable bonds is 8. The van der Waals surface area contributed by atoms with Crippen LogP contribution < -0.4 is 14.8 Å². The summed E-state index contributed by atoms with van der Waals surface area (Å²) in [6, 6.07) is 0. The van der Waals surface area contributed by atoms with Gasteiger partial charge in [-0.3, -0.25) is 0 Å². The largest absolute Gasteiger partial charge is 0.357 e. The van der Waals surface area contributed by atoms with E-state index in [0.29, 0.717) is 12.4 Å². The summed E-state index contributed by atoms with van der Waals surface area (Å²) >= 11 is 0. The molecule has 1 rings (SSSR count). The molecule has 1 aromatic rings. The van der Waals surface area contributed by atoms with Crippen molar-refractivity contribution >= 4 is 26.0 Å². The fourth-order valence-electron chi connectivity index (χ4n) is 1.22. The molecule has 0 saturated heterocycles. The third-order valence-electron chi connectivity index (χ3n) is 2.17. The van der Waals surface area contributed by atoms with Crippen LogP contribution in [0, 0.1) is 0 Å². The summed E-state index contributed by atoms with van der Waals surface area (Å²) in [5.41, 5.74) is 0. The van der Waals surface area contributed by atoms with Crippen LogP contribution in [0.5, 0.6) is 0 Å². The third kappa shape index (κ3) is 5.77. The van der Waals surface area contributed by atoms with Crippen molar-refractivity contribution in [2.45, 2.75) is 11.3 Å². The molecule has 0 unspecified atom stereocenters. The normalized spacial score (nSPS) is 12.3. The molecule has 0 fully saturated rings. The molecule has 0 aromatic carbocycles. The minimum atomic E-state index is -3.68. The molecule has 0 aliphatic heterocycles. The number of nitrogens with zero attached hydrogens (tertiary/aromatic N) is 2. The zero-order valence-electron chi connectivity index (χ0n) is 11.1. The lowest BCUT2D eigenvalue weighted by atomic mass is 10.4. The number of hydrogen-bond donors (Lipinski definition) is 3. The summed E-state index contributed by atoms with van der Waals surface area (Å²) < 4.78 is 49.9. The van der Waals surface area contributed by atoms with Crippen molar-refractivity contribution < 1.29 is 16.8 Å². The van der Waals surface area contributed by atoms with E-state index in [-0.39, 0.29) is 18.0 Å². The summed E-state index contributed by atoms with van der Waals surface area (Å²) in [4.78, 5) is 7.57. The van der Waals surface area contributed by atoms with E-state index in [4.69, 9.17) is 0 Å². The Balaban J connectivity index is 2.49. The summed E-state index contributed by atoms with van der Waals surface area (Å²) in [5, 5.41) is 2.68. The quantitative estimate of drug-likeness (QED) is 0.509. The first kappa shape index (κ1) is 16.8. The molecule has 1 heterocycles. The minimum Gasteiger partial charge on any atom is -0.357 e. The van der Waals surface area contributed by atoms with Crippen LogP contribution in [0.4, 0.5) is 5.95 Å². The van der Waals surface area contributed by atoms with Gasteiger partial charge in [0, 0.05) is 20.1 Å². The lowest BCUT2D eigenvalue weighted by Gasteiger charge is -2.07. The number of aromatic nitrogens is 2. The molecule has 0 saturated carbocycles. The maximum absolute atomic E-state index is 11.8. The molecule has 9 nitrogen and oxygen atoms in total. The fourth-order valence-corrected chi connectivity index (χ4v) is 2.70. The molecule has 0 bridgehead atoms. The van der Waals surface area contributed by atoms with Crippen molar-refractivity contribution in [3.05, 3.63) is 12.4 Å². The van der Waals surface area contributed by atoms with Gasteiger partial charge in [0.25, 0.3) is 0 Å². The van der Waals surface area contributed by atoms with Crippen molar-refractivity contribution in [3.63, 3.8) is 0 Å². The van der Waals surface area contributed by atoms with E-state index in [1.165, 1.54) is 12.4 Å². The number of anilines is 1. The molecule has 0 radical (unpaired) electrons. The van der Waals surface area contributed by atoms with Crippen molar-refractivity contribution in [2.75, 3.05) is 31.7 Å². The highest BCUT2D eigenvalue weighted by atomic mass is 32.2. The molecule has 11 heteroatoms. The van der Waals surface area contributed by atoms with E-state index < -0.39 is 20.0 Å². The SMILES string of the molecule is CNc1ncc(S(=O)(=O)NCCCNS(C)(=O)=O)cn1. The van der Waals surface area contributed by atoms with Crippen molar-refractivity contribution in [1.82, 2.24) is 19.4 Å². The molecule has 0 aliphatic rings. The second-order valence-corrected chi connectivity index (χ2v) is 7.51. The van der Waals surface area contributed by atoms with E-state index >= 15 is 0 Å². The molecule has 0 spiro atoms. The van der Waals surface area contributed by atoms with E-state index in [1.807, 2.05) is 0 Å². The van der Waals surface area contributed by atoms with Crippen LogP contribution in [0.15, 0.2) is 17.3 Å². The van der Waals surface area contributed by atoms with E-state index in [2.05, 4.69) is 24.7 Å². The highest BCUT2D eigenvalue weighted by molar-refractivity contribution is 7.89. The van der Waals surface area contributed by atoms with Crippen LogP contribution in [-0.2, 0) is 20.0 Å². The van der Waals surface area contributed by atoms with Gasteiger partial charge in [-0.25, -0.2) is 36.2 Å². The van der Waals surface area contributed by atoms with Gasteiger partial charge in [-0.15, -0.1) is 0 Å². The summed E-state index contributed by atoms with van der Waals surface area (Å²) in [6.45, 7) is 0.273. The third-order valence-corrected chi connectivity index (χ3v) is 4.32. The first-order valence-electron chi connectivity index (χ1n) is 5.69. The van der Waals surface area contributed by atoms with Gasteiger partial charge in [0.2, 0.25) is 26.0 Å². The van der Waals surface area contributed by atoms with E-state index in [1.54, 1.807) is 7.05 Å². The smallest absolute Gasteiger partial charge is 0.243 e. The summed E-state index contributed by atoms with van der Waals surface area (Å²) in [7, 11) is -5.31. The van der Waals surface area contributed by atoms with Gasteiger partial charge in [0.05, 0.1) is 18.6 Å². The molecule has 0 amide bonds. The standard InChI is InChI=1S/C9H17N5O4S2/c1-10-9-11-6-8(7-12-9)20(17,18)14-5-3-4-13-19(2,15)16/h6-7,13-14H,3-5H2,1-2H3,(H,10,11,12). The van der Waals surface area contributed by atoms with Gasteiger partial charge in [0.1, 0.15) is 4.90 Å². The predicted molar refractivity (Wildman–Crippen MR) is 74.2 cm³/mol. The van der Waals surface area contributed by atoms with Crippen molar-refractivity contribution in [3.8, 4) is 0 Å². The Labute approximate surface area is 118 Å². The van der Waals surface area contributed by atoms with Crippen LogP contribution in [0.1, 0.15) is 6.42 Å². The van der Waals surface area contributed by atoms with Crippen molar-refractivity contribution in [1.29, 1.82) is 0 Å². The monoisotopic (exact) mass is 323 g/mol. The number of hydrogen-bond acceptors (Lipinski definition) is 7. The molecular weight excluding hydrogens is 306 g/mol. The Morgan fingerprint density at radius 1 is 1.05 bits per heavy atom. The van der Waals surface area contributed by atoms with E-state index in [0.717, 1.165) is 6.26 Å². The first-order valence-corrected chi connectivity index (χ1v) is 9.06. The second kappa shape index (κ2) is 6.92. The average Bonchev–Trinajstić information content (AvgIpc) is 2.37. The van der Waals surface area contributed by atoms with Crippen molar-refractivity contribution in [2.24, 2.45) is 0 Å². The molecule has 3 N–H and O–H groups in total. The van der Waals surface area contributed by atoms with Crippen LogP contribution >= 0.6 is 0 Å². The Morgan fingerprint density at radius 3 is 2.10 bits per heavy atom. The van der Waals surface area contributed by atoms with Crippen LogP contribution in [0.2, 0.25) is 0 Å². The van der Waals surface area contributed by atoms with Gasteiger partial charge in [0.15, 0.2) is 0 Å². The lowest BCUT2D eigenvalue weighted by Crippen LogP contribution is -2.29. The molecule has 0 atom stereocenters. The summed E-state index contributed by atoms with van der Waals surface area (Å²) in [5.74, 6) is 0.321. The average molecular weight is 323 g/mol. The molecule has 1 aromatic heterocycles. The lowest BCUT2D eigenvalue weighted by molar-refractivity contribution is 0.574. The van der Waals surface area contributed by atoms with Gasteiger partial charge in [-0.2, -0.15) is 0 Å². The molecule has 20 heavy (non-hydrogen) atoms. The molecule has 0 aliphatic carbocycles. The van der Waals surface area contributed by atoms with E-state index in [9.17, 15) is 16.8 Å². The van der Waals surface area contributed by atoms with Gasteiger partial charge >= 0.3 is 0 Å². The van der Waals surface area contributed by atoms with Gasteiger partial charge in [-0.05, 0) is 6.42 Å². The van der Waals surface area contributed by atoms with Crippen LogP contribution in [0.3, 0.4) is 0 Å². The van der Waals surface area contributed by atoms with Gasteiger partial charge in [-0.1, -0.05) is 0 Å². The van der Waals surface area contributed by atoms with Crippen LogP contribution in [0.25, 0.3) is 0 Å². The van der Waals surface area contributed by atoms with Crippen LogP contribution in [-0.4, -0.2) is 53.2 Å². The second-order valence-electron chi connectivity index (χ2n) is 3.91. The first-order chi connectivity index (χ1) is 9.24. The predicted octanol–water partition coefficient (Wildman–Crippen LogP) is -1.26. The Hall–Kier alpha value is -1.30. The Kier molecular flexibility index (Phi) is 5.80. The highest BCUT2D eigenvalue weighted by Gasteiger charge is 2.14. The molecular formula is C9H17N5O4S2.